The largest absolute Gasteiger partial charge is 0.512 e. The summed E-state index contributed by atoms with van der Waals surface area (Å²) >= 11 is 0. The Morgan fingerprint density at radius 2 is 2.04 bits per heavy atom. The summed E-state index contributed by atoms with van der Waals surface area (Å²) < 4.78 is 5.35. The fraction of sp³-hybridized carbons (Fsp3) is 0.611. The van der Waals surface area contributed by atoms with Crippen molar-refractivity contribution in [2.45, 2.75) is 51.7 Å². The molecule has 0 amide bonds. The van der Waals surface area contributed by atoms with Crippen molar-refractivity contribution in [2.75, 3.05) is 0 Å². The molecule has 4 atom stereocenters. The van der Waals surface area contributed by atoms with E-state index in [1.165, 1.54) is 0 Å². The van der Waals surface area contributed by atoms with Crippen LogP contribution in [0.3, 0.4) is 0 Å². The number of aliphatic hydroxyl groups excluding tert-OH is 3. The van der Waals surface area contributed by atoms with Gasteiger partial charge < -0.3 is 24.8 Å². The second-order valence-corrected chi connectivity index (χ2v) is 7.41. The highest BCUT2D eigenvalue weighted by atomic mass is 16.4. The molecule has 6 nitrogen and oxygen atoms in total. The summed E-state index contributed by atoms with van der Waals surface area (Å²) in [6.45, 7) is 4.07. The fourth-order valence-electron chi connectivity index (χ4n) is 3.45. The molecule has 0 spiro atoms. The van der Waals surface area contributed by atoms with Crippen molar-refractivity contribution >= 4 is 5.97 Å². The molecule has 1 aliphatic rings. The Kier molecular flexibility index (Phi) is 5.72. The predicted molar refractivity (Wildman–Crippen MR) is 87.4 cm³/mol. The lowest BCUT2D eigenvalue weighted by atomic mass is 9.82. The third-order valence-electron chi connectivity index (χ3n) is 4.70. The molecular weight excluding hydrogens is 312 g/mol. The van der Waals surface area contributed by atoms with E-state index in [0.717, 1.165) is 5.76 Å². The van der Waals surface area contributed by atoms with Gasteiger partial charge in [0.05, 0.1) is 30.7 Å². The average molecular weight is 338 g/mol. The lowest BCUT2D eigenvalue weighted by molar-refractivity contribution is -0.139. The molecule has 134 valence electrons. The molecule has 0 saturated heterocycles. The normalized spacial score (nSPS) is 28.2. The number of carboxylic acids is 1. The van der Waals surface area contributed by atoms with Gasteiger partial charge in [-0.15, -0.1) is 0 Å². The number of carboxylic acid groups (broad SMARTS) is 1. The predicted octanol–water partition coefficient (Wildman–Crippen LogP) is 2.51. The Morgan fingerprint density at radius 3 is 2.62 bits per heavy atom. The molecule has 1 aliphatic carbocycles. The quantitative estimate of drug-likeness (QED) is 0.569. The lowest BCUT2D eigenvalue weighted by Gasteiger charge is -2.24. The van der Waals surface area contributed by atoms with Crippen molar-refractivity contribution in [3.05, 3.63) is 36.0 Å². The van der Waals surface area contributed by atoms with Gasteiger partial charge in [-0.05, 0) is 30.0 Å². The highest BCUT2D eigenvalue weighted by Crippen LogP contribution is 2.39. The monoisotopic (exact) mass is 338 g/mol. The van der Waals surface area contributed by atoms with Gasteiger partial charge >= 0.3 is 5.97 Å². The molecule has 1 aromatic heterocycles. The summed E-state index contributed by atoms with van der Waals surface area (Å²) in [7, 11) is 0. The maximum atomic E-state index is 11.0. The van der Waals surface area contributed by atoms with E-state index < -0.39 is 30.0 Å². The zero-order valence-electron chi connectivity index (χ0n) is 14.1. The molecule has 2 rings (SSSR count). The van der Waals surface area contributed by atoms with Gasteiger partial charge in [-0.1, -0.05) is 13.8 Å². The van der Waals surface area contributed by atoms with Gasteiger partial charge in [0.1, 0.15) is 5.76 Å². The third-order valence-corrected chi connectivity index (χ3v) is 4.70. The minimum atomic E-state index is -1.05. The molecule has 1 aromatic rings. The van der Waals surface area contributed by atoms with Gasteiger partial charge in [-0.2, -0.15) is 0 Å². The first-order valence-electron chi connectivity index (χ1n) is 8.19. The van der Waals surface area contributed by atoms with E-state index in [9.17, 15) is 20.1 Å². The Balaban J connectivity index is 2.06. The second kappa shape index (κ2) is 7.40. The zero-order chi connectivity index (χ0) is 17.9. The zero-order valence-corrected chi connectivity index (χ0v) is 14.1. The van der Waals surface area contributed by atoms with Crippen LogP contribution in [0.2, 0.25) is 0 Å². The van der Waals surface area contributed by atoms with E-state index >= 15 is 0 Å². The van der Waals surface area contributed by atoms with Crippen LogP contribution in [0.4, 0.5) is 0 Å². The molecule has 1 saturated carbocycles. The molecule has 1 heterocycles. The lowest BCUT2D eigenvalue weighted by Crippen LogP contribution is -2.26. The molecule has 0 bridgehead atoms. The van der Waals surface area contributed by atoms with Crippen molar-refractivity contribution in [1.82, 2.24) is 0 Å². The van der Waals surface area contributed by atoms with Gasteiger partial charge in [0, 0.05) is 24.7 Å². The van der Waals surface area contributed by atoms with Gasteiger partial charge in [-0.25, -0.2) is 0 Å². The molecule has 0 unspecified atom stereocenters. The first-order valence-corrected chi connectivity index (χ1v) is 8.19. The number of rotatable bonds is 7. The minimum Gasteiger partial charge on any atom is -0.512 e. The molecular formula is C18H26O6. The third kappa shape index (κ3) is 4.61. The summed E-state index contributed by atoms with van der Waals surface area (Å²) in [6, 6.07) is 3.72. The van der Waals surface area contributed by atoms with Crippen LogP contribution in [0.15, 0.2) is 34.6 Å². The van der Waals surface area contributed by atoms with Crippen molar-refractivity contribution in [1.29, 1.82) is 0 Å². The average Bonchev–Trinajstić information content (AvgIpc) is 3.04. The van der Waals surface area contributed by atoms with Crippen LogP contribution in [-0.2, 0) is 11.2 Å². The Morgan fingerprint density at radius 1 is 1.33 bits per heavy atom. The number of hydrogen-bond donors (Lipinski definition) is 4. The number of carbonyl (C=O) groups is 1. The van der Waals surface area contributed by atoms with Gasteiger partial charge in [0.25, 0.3) is 0 Å². The molecule has 0 aromatic carbocycles. The van der Waals surface area contributed by atoms with Crippen molar-refractivity contribution in [3.63, 3.8) is 0 Å². The van der Waals surface area contributed by atoms with Crippen LogP contribution in [0.25, 0.3) is 0 Å². The van der Waals surface area contributed by atoms with Crippen molar-refractivity contribution in [3.8, 4) is 0 Å². The maximum Gasteiger partial charge on any atom is 0.303 e. The van der Waals surface area contributed by atoms with Crippen LogP contribution in [0.1, 0.15) is 38.9 Å². The highest BCUT2D eigenvalue weighted by molar-refractivity contribution is 5.67. The molecule has 1 fully saturated rings. The van der Waals surface area contributed by atoms with Crippen molar-refractivity contribution in [2.24, 2.45) is 17.3 Å². The van der Waals surface area contributed by atoms with E-state index in [4.69, 9.17) is 9.52 Å². The summed E-state index contributed by atoms with van der Waals surface area (Å²) in [4.78, 5) is 11.0. The van der Waals surface area contributed by atoms with Crippen LogP contribution in [0.5, 0.6) is 0 Å². The smallest absolute Gasteiger partial charge is 0.303 e. The van der Waals surface area contributed by atoms with E-state index in [2.05, 4.69) is 0 Å². The maximum absolute atomic E-state index is 11.0. The standard InChI is InChI=1S/C18H26O6/c1-18(2,10-11-4-3-7-24-11)6-5-13(19)17-12(8-16(22)23)14(20)9-15(17)21/h3-5,7,12,14-15,17,19-21H,6,8-10H2,1-2H3,(H,22,23)/t12-,14-,15+,17-/m0/s1. The SMILES string of the molecule is CC(C)(CC=C(O)[C@@H]1[C@@H](CC(=O)O)[C@@H](O)C[C@H]1O)Cc1ccco1. The molecule has 24 heavy (non-hydrogen) atoms. The van der Waals surface area contributed by atoms with Gasteiger partial charge in [-0.3, -0.25) is 4.79 Å². The topological polar surface area (TPSA) is 111 Å². The van der Waals surface area contributed by atoms with Crippen LogP contribution in [0, 0.1) is 17.3 Å². The first-order chi connectivity index (χ1) is 11.2. The Labute approximate surface area is 141 Å². The fourth-order valence-corrected chi connectivity index (χ4v) is 3.45. The molecule has 6 heteroatoms. The van der Waals surface area contributed by atoms with E-state index in [0.29, 0.717) is 12.8 Å². The van der Waals surface area contributed by atoms with Crippen LogP contribution in [-0.4, -0.2) is 38.6 Å². The van der Waals surface area contributed by atoms with Crippen LogP contribution < -0.4 is 0 Å². The molecule has 4 N–H and O–H groups in total. The van der Waals surface area contributed by atoms with E-state index in [1.54, 1.807) is 12.3 Å². The number of aliphatic hydroxyl groups is 3. The van der Waals surface area contributed by atoms with Gasteiger partial charge in [0.2, 0.25) is 0 Å². The molecule has 0 aliphatic heterocycles. The number of hydrogen-bond acceptors (Lipinski definition) is 5. The van der Waals surface area contributed by atoms with Crippen LogP contribution >= 0.6 is 0 Å². The van der Waals surface area contributed by atoms with Crippen molar-refractivity contribution < 1.29 is 29.6 Å². The number of aliphatic carboxylic acids is 1. The summed E-state index contributed by atoms with van der Waals surface area (Å²) in [5.41, 5.74) is -0.170. The Bertz CT molecular complexity index is 574. The van der Waals surface area contributed by atoms with E-state index in [-0.39, 0.29) is 24.0 Å². The number of furan rings is 1. The van der Waals surface area contributed by atoms with Gasteiger partial charge in [0.15, 0.2) is 0 Å². The van der Waals surface area contributed by atoms with E-state index in [1.807, 2.05) is 26.0 Å². The minimum absolute atomic E-state index is 0.0437. The summed E-state index contributed by atoms with van der Waals surface area (Å²) in [5, 5.41) is 39.4. The highest BCUT2D eigenvalue weighted by Gasteiger charge is 2.44. The second-order valence-electron chi connectivity index (χ2n) is 7.41. The molecule has 0 radical (unpaired) electrons. The first kappa shape index (κ1) is 18.5. The number of allylic oxidation sites excluding steroid dienone is 1. The summed E-state index contributed by atoms with van der Waals surface area (Å²) in [6.07, 6.45) is 2.42. The summed E-state index contributed by atoms with van der Waals surface area (Å²) in [5.74, 6) is -1.66. The Hall–Kier alpha value is -1.79.